The van der Waals surface area contributed by atoms with Crippen LogP contribution in [0.25, 0.3) is 0 Å². The SMILES string of the molecule is CC(C)(C)OC(=O)OCCN(C1CCCCC1)C1CCCCC1. The van der Waals surface area contributed by atoms with Crippen LogP contribution < -0.4 is 0 Å². The molecule has 0 atom stereocenters. The number of rotatable bonds is 5. The topological polar surface area (TPSA) is 38.8 Å². The third kappa shape index (κ3) is 6.70. The van der Waals surface area contributed by atoms with Crippen molar-refractivity contribution in [1.29, 1.82) is 0 Å². The van der Waals surface area contributed by atoms with Gasteiger partial charge in [-0.15, -0.1) is 0 Å². The number of carbonyl (C=O) groups excluding carboxylic acids is 1. The van der Waals surface area contributed by atoms with Crippen molar-refractivity contribution in [2.45, 2.75) is 103 Å². The molecule has 0 heterocycles. The second-order valence-electron chi connectivity index (χ2n) is 8.13. The van der Waals surface area contributed by atoms with Crippen molar-refractivity contribution in [2.24, 2.45) is 0 Å². The second-order valence-corrected chi connectivity index (χ2v) is 8.13. The van der Waals surface area contributed by atoms with Gasteiger partial charge in [0.05, 0.1) is 0 Å². The predicted octanol–water partition coefficient (Wildman–Crippen LogP) is 4.91. The summed E-state index contributed by atoms with van der Waals surface area (Å²) >= 11 is 0. The normalized spacial score (nSPS) is 21.4. The Morgan fingerprint density at radius 3 is 1.83 bits per heavy atom. The summed E-state index contributed by atoms with van der Waals surface area (Å²) in [5.74, 6) is 0. The van der Waals surface area contributed by atoms with E-state index in [1.807, 2.05) is 20.8 Å². The van der Waals surface area contributed by atoms with Gasteiger partial charge in [0.2, 0.25) is 0 Å². The Hall–Kier alpha value is -0.770. The average molecular weight is 325 g/mol. The van der Waals surface area contributed by atoms with E-state index < -0.39 is 11.8 Å². The summed E-state index contributed by atoms with van der Waals surface area (Å²) < 4.78 is 10.6. The largest absolute Gasteiger partial charge is 0.508 e. The van der Waals surface area contributed by atoms with Crippen molar-refractivity contribution in [3.63, 3.8) is 0 Å². The number of hydrogen-bond acceptors (Lipinski definition) is 4. The van der Waals surface area contributed by atoms with Crippen LogP contribution in [-0.4, -0.2) is 41.9 Å². The lowest BCUT2D eigenvalue weighted by molar-refractivity contribution is -0.0172. The molecule has 4 heteroatoms. The van der Waals surface area contributed by atoms with Crippen molar-refractivity contribution in [3.8, 4) is 0 Å². The van der Waals surface area contributed by atoms with Crippen molar-refractivity contribution in [1.82, 2.24) is 4.90 Å². The minimum Gasteiger partial charge on any atom is -0.433 e. The third-order valence-corrected chi connectivity index (χ3v) is 5.05. The molecular weight excluding hydrogens is 290 g/mol. The Kier molecular flexibility index (Phi) is 7.19. The summed E-state index contributed by atoms with van der Waals surface area (Å²) in [4.78, 5) is 14.4. The summed E-state index contributed by atoms with van der Waals surface area (Å²) in [5, 5.41) is 0. The number of nitrogens with zero attached hydrogens (tertiary/aromatic N) is 1. The smallest absolute Gasteiger partial charge is 0.433 e. The van der Waals surface area contributed by atoms with Gasteiger partial charge in [-0.25, -0.2) is 4.79 Å². The first kappa shape index (κ1) is 18.6. The lowest BCUT2D eigenvalue weighted by Gasteiger charge is -2.41. The van der Waals surface area contributed by atoms with Gasteiger partial charge in [0, 0.05) is 18.6 Å². The zero-order valence-corrected chi connectivity index (χ0v) is 15.3. The maximum atomic E-state index is 11.7. The molecule has 134 valence electrons. The van der Waals surface area contributed by atoms with Crippen LogP contribution in [0, 0.1) is 0 Å². The molecule has 2 fully saturated rings. The molecule has 0 aromatic carbocycles. The van der Waals surface area contributed by atoms with E-state index in [-0.39, 0.29) is 0 Å². The van der Waals surface area contributed by atoms with Crippen LogP contribution in [0.15, 0.2) is 0 Å². The minimum atomic E-state index is -0.537. The van der Waals surface area contributed by atoms with E-state index in [2.05, 4.69) is 4.90 Å². The third-order valence-electron chi connectivity index (χ3n) is 5.05. The maximum absolute atomic E-state index is 11.7. The highest BCUT2D eigenvalue weighted by atomic mass is 16.7. The molecule has 0 aromatic rings. The summed E-state index contributed by atoms with van der Waals surface area (Å²) in [5.41, 5.74) is -0.483. The molecule has 2 saturated carbocycles. The summed E-state index contributed by atoms with van der Waals surface area (Å²) in [6.07, 6.45) is 12.8. The molecule has 2 aliphatic rings. The zero-order valence-electron chi connectivity index (χ0n) is 15.3. The molecule has 0 N–H and O–H groups in total. The molecule has 0 bridgehead atoms. The average Bonchev–Trinajstić information content (AvgIpc) is 2.51. The number of ether oxygens (including phenoxy) is 2. The van der Waals surface area contributed by atoms with E-state index in [0.29, 0.717) is 18.7 Å². The molecule has 0 unspecified atom stereocenters. The lowest BCUT2D eigenvalue weighted by Crippen LogP contribution is -2.47. The maximum Gasteiger partial charge on any atom is 0.508 e. The van der Waals surface area contributed by atoms with E-state index in [1.54, 1.807) is 0 Å². The summed E-state index contributed by atoms with van der Waals surface area (Å²) in [6.45, 7) is 6.90. The van der Waals surface area contributed by atoms with Crippen LogP contribution in [0.1, 0.15) is 85.0 Å². The zero-order chi connectivity index (χ0) is 16.7. The van der Waals surface area contributed by atoms with Gasteiger partial charge >= 0.3 is 6.16 Å². The molecule has 0 radical (unpaired) electrons. The van der Waals surface area contributed by atoms with Gasteiger partial charge in [-0.05, 0) is 46.5 Å². The molecule has 2 rings (SSSR count). The highest BCUT2D eigenvalue weighted by Gasteiger charge is 2.29. The van der Waals surface area contributed by atoms with Gasteiger partial charge in [-0.1, -0.05) is 38.5 Å². The Balaban J connectivity index is 1.83. The Morgan fingerprint density at radius 2 is 1.39 bits per heavy atom. The van der Waals surface area contributed by atoms with Crippen molar-refractivity contribution in [2.75, 3.05) is 13.2 Å². The molecule has 0 amide bonds. The predicted molar refractivity (Wildman–Crippen MR) is 92.6 cm³/mol. The Bertz CT molecular complexity index is 334. The van der Waals surface area contributed by atoms with Crippen LogP contribution in [-0.2, 0) is 9.47 Å². The number of hydrogen-bond donors (Lipinski definition) is 0. The van der Waals surface area contributed by atoms with Crippen molar-refractivity contribution >= 4 is 6.16 Å². The van der Waals surface area contributed by atoms with E-state index in [1.165, 1.54) is 64.2 Å². The molecular formula is C19H35NO3. The highest BCUT2D eigenvalue weighted by molar-refractivity contribution is 5.60. The van der Waals surface area contributed by atoms with Crippen molar-refractivity contribution < 1.29 is 14.3 Å². The molecule has 0 spiro atoms. The van der Waals surface area contributed by atoms with Gasteiger partial charge < -0.3 is 9.47 Å². The van der Waals surface area contributed by atoms with Gasteiger partial charge in [-0.2, -0.15) is 0 Å². The monoisotopic (exact) mass is 325 g/mol. The van der Waals surface area contributed by atoms with Gasteiger partial charge in [0.25, 0.3) is 0 Å². The highest BCUT2D eigenvalue weighted by Crippen LogP contribution is 2.29. The van der Waals surface area contributed by atoms with Gasteiger partial charge in [0.15, 0.2) is 0 Å². The second kappa shape index (κ2) is 8.91. The van der Waals surface area contributed by atoms with Crippen LogP contribution in [0.5, 0.6) is 0 Å². The van der Waals surface area contributed by atoms with Gasteiger partial charge in [-0.3, -0.25) is 4.90 Å². The fraction of sp³-hybridized carbons (Fsp3) is 0.947. The summed E-state index contributed by atoms with van der Waals surface area (Å²) in [7, 11) is 0. The lowest BCUT2D eigenvalue weighted by atomic mass is 9.88. The molecule has 2 aliphatic carbocycles. The van der Waals surface area contributed by atoms with E-state index >= 15 is 0 Å². The van der Waals surface area contributed by atoms with Gasteiger partial charge in [0.1, 0.15) is 12.2 Å². The van der Waals surface area contributed by atoms with Crippen LogP contribution in [0.2, 0.25) is 0 Å². The van der Waals surface area contributed by atoms with E-state index in [9.17, 15) is 4.79 Å². The van der Waals surface area contributed by atoms with Crippen LogP contribution >= 0.6 is 0 Å². The molecule has 0 aliphatic heterocycles. The molecule has 0 saturated heterocycles. The first-order valence-corrected chi connectivity index (χ1v) is 9.57. The summed E-state index contributed by atoms with van der Waals surface area (Å²) in [6, 6.07) is 1.38. The van der Waals surface area contributed by atoms with Crippen LogP contribution in [0.4, 0.5) is 4.79 Å². The van der Waals surface area contributed by atoms with E-state index in [0.717, 1.165) is 6.54 Å². The Morgan fingerprint density at radius 1 is 0.913 bits per heavy atom. The van der Waals surface area contributed by atoms with Crippen molar-refractivity contribution in [3.05, 3.63) is 0 Å². The first-order valence-electron chi connectivity index (χ1n) is 9.57. The standard InChI is InChI=1S/C19H35NO3/c1-19(2,3)23-18(21)22-15-14-20(16-10-6-4-7-11-16)17-12-8-5-9-13-17/h16-17H,4-15H2,1-3H3. The molecule has 23 heavy (non-hydrogen) atoms. The quantitative estimate of drug-likeness (QED) is 0.674. The van der Waals surface area contributed by atoms with Crippen LogP contribution in [0.3, 0.4) is 0 Å². The first-order chi connectivity index (χ1) is 11.0. The fourth-order valence-corrected chi connectivity index (χ4v) is 4.00. The minimum absolute atomic E-state index is 0.446. The Labute approximate surface area is 141 Å². The van der Waals surface area contributed by atoms with E-state index in [4.69, 9.17) is 9.47 Å². The molecule has 0 aromatic heterocycles. The number of carbonyl (C=O) groups is 1. The fourth-order valence-electron chi connectivity index (χ4n) is 4.00. The molecule has 4 nitrogen and oxygen atoms in total.